The predicted octanol–water partition coefficient (Wildman–Crippen LogP) is 7.08. The first kappa shape index (κ1) is 15.3. The summed E-state index contributed by atoms with van der Waals surface area (Å²) in [6, 6.07) is 30.2. The number of fused-ring (bicyclic) bond motifs is 3. The average molecular weight is 298 g/mol. The van der Waals surface area contributed by atoms with E-state index in [-0.39, 0.29) is 0 Å². The maximum absolute atomic E-state index is 2.30. The summed E-state index contributed by atoms with van der Waals surface area (Å²) in [6.07, 6.45) is 1.25. The van der Waals surface area contributed by atoms with Crippen LogP contribution in [0.15, 0.2) is 84.9 Å². The summed E-state index contributed by atoms with van der Waals surface area (Å²) < 4.78 is 0. The van der Waals surface area contributed by atoms with Crippen LogP contribution in [0, 0.1) is 0 Å². The van der Waals surface area contributed by atoms with Crippen molar-refractivity contribution >= 4 is 21.5 Å². The largest absolute Gasteiger partial charge is 0.0656 e. The minimum atomic E-state index is 1.25. The fourth-order valence-electron chi connectivity index (χ4n) is 2.91. The van der Waals surface area contributed by atoms with Gasteiger partial charge in [0.05, 0.1) is 0 Å². The van der Waals surface area contributed by atoms with Crippen LogP contribution in [0.3, 0.4) is 0 Å². The van der Waals surface area contributed by atoms with Gasteiger partial charge in [0.15, 0.2) is 0 Å². The van der Waals surface area contributed by atoms with Crippen molar-refractivity contribution in [2.45, 2.75) is 20.3 Å². The van der Waals surface area contributed by atoms with Crippen LogP contribution in [0.2, 0.25) is 0 Å². The molecule has 4 aromatic carbocycles. The Balaban J connectivity index is 0.000000485. The predicted molar refractivity (Wildman–Crippen MR) is 103 cm³/mol. The lowest BCUT2D eigenvalue weighted by Crippen LogP contribution is -1.83. The third-order valence-corrected chi connectivity index (χ3v) is 3.85. The van der Waals surface area contributed by atoms with Gasteiger partial charge in [-0.25, -0.2) is 0 Å². The third kappa shape index (κ3) is 3.12. The molecule has 0 radical (unpaired) electrons. The molecule has 0 nitrogen and oxygen atoms in total. The van der Waals surface area contributed by atoms with E-state index in [0.29, 0.717) is 0 Å². The lowest BCUT2D eigenvalue weighted by Gasteiger charge is -2.10. The monoisotopic (exact) mass is 298 g/mol. The summed E-state index contributed by atoms with van der Waals surface area (Å²) in [4.78, 5) is 0. The van der Waals surface area contributed by atoms with Crippen molar-refractivity contribution in [1.29, 1.82) is 0 Å². The molecule has 0 saturated carbocycles. The zero-order chi connectivity index (χ0) is 16.1. The number of hydrogen-bond donors (Lipinski definition) is 0. The smallest absolute Gasteiger partial charge is 0.00990 e. The Morgan fingerprint density at radius 2 is 1.09 bits per heavy atom. The molecule has 0 atom stereocenters. The van der Waals surface area contributed by atoms with Crippen LogP contribution in [0.1, 0.15) is 20.3 Å². The van der Waals surface area contributed by atoms with Gasteiger partial charge < -0.3 is 0 Å². The fourth-order valence-corrected chi connectivity index (χ4v) is 2.91. The van der Waals surface area contributed by atoms with Crippen LogP contribution in [0.5, 0.6) is 0 Å². The zero-order valence-electron chi connectivity index (χ0n) is 13.8. The summed E-state index contributed by atoms with van der Waals surface area (Å²) in [5.41, 5.74) is 2.58. The average Bonchev–Trinajstić information content (AvgIpc) is 2.62. The molecule has 0 saturated heterocycles. The van der Waals surface area contributed by atoms with Gasteiger partial charge in [-0.15, -0.1) is 0 Å². The van der Waals surface area contributed by atoms with Gasteiger partial charge in [0, 0.05) is 0 Å². The van der Waals surface area contributed by atoms with Gasteiger partial charge in [0.1, 0.15) is 0 Å². The van der Waals surface area contributed by atoms with Gasteiger partial charge in [0.2, 0.25) is 0 Å². The van der Waals surface area contributed by atoms with Crippen molar-refractivity contribution in [3.8, 4) is 11.1 Å². The van der Waals surface area contributed by atoms with Gasteiger partial charge in [-0.1, -0.05) is 99.1 Å². The minimum Gasteiger partial charge on any atom is -0.0656 e. The molecule has 23 heavy (non-hydrogen) atoms. The molecule has 0 aliphatic rings. The van der Waals surface area contributed by atoms with Crippen molar-refractivity contribution in [3.05, 3.63) is 84.9 Å². The van der Waals surface area contributed by atoms with Gasteiger partial charge >= 0.3 is 0 Å². The van der Waals surface area contributed by atoms with E-state index in [1.165, 1.54) is 39.1 Å². The lowest BCUT2D eigenvalue weighted by molar-refractivity contribution is 1.09. The highest BCUT2D eigenvalue weighted by molar-refractivity contribution is 6.13. The standard InChI is InChI=1S/C20H14.C3H8/c1-2-8-15(9-3-1)20-14-16-10-4-5-11-17(16)18-12-6-7-13-19(18)20;1-3-2/h1-14H;3H2,1-2H3. The fraction of sp³-hybridized carbons (Fsp3) is 0.130. The van der Waals surface area contributed by atoms with E-state index >= 15 is 0 Å². The summed E-state index contributed by atoms with van der Waals surface area (Å²) in [6.45, 7) is 4.25. The second-order valence-electron chi connectivity index (χ2n) is 5.76. The lowest BCUT2D eigenvalue weighted by atomic mass is 9.93. The number of hydrogen-bond acceptors (Lipinski definition) is 0. The van der Waals surface area contributed by atoms with E-state index in [4.69, 9.17) is 0 Å². The second-order valence-corrected chi connectivity index (χ2v) is 5.76. The van der Waals surface area contributed by atoms with Gasteiger partial charge in [0.25, 0.3) is 0 Å². The molecule has 4 rings (SSSR count). The third-order valence-electron chi connectivity index (χ3n) is 3.85. The first-order chi connectivity index (χ1) is 11.3. The molecule has 0 spiro atoms. The summed E-state index contributed by atoms with van der Waals surface area (Å²) in [7, 11) is 0. The molecule has 0 heteroatoms. The van der Waals surface area contributed by atoms with Crippen molar-refractivity contribution in [1.82, 2.24) is 0 Å². The topological polar surface area (TPSA) is 0 Å². The van der Waals surface area contributed by atoms with Crippen LogP contribution < -0.4 is 0 Å². The van der Waals surface area contributed by atoms with Gasteiger partial charge in [-0.05, 0) is 38.7 Å². The Morgan fingerprint density at radius 3 is 1.78 bits per heavy atom. The minimum absolute atomic E-state index is 1.25. The van der Waals surface area contributed by atoms with Crippen molar-refractivity contribution < 1.29 is 0 Å². The Morgan fingerprint density at radius 1 is 0.565 bits per heavy atom. The van der Waals surface area contributed by atoms with Crippen molar-refractivity contribution in [3.63, 3.8) is 0 Å². The van der Waals surface area contributed by atoms with Crippen LogP contribution in [0.4, 0.5) is 0 Å². The molecule has 0 aliphatic heterocycles. The van der Waals surface area contributed by atoms with Crippen LogP contribution >= 0.6 is 0 Å². The zero-order valence-corrected chi connectivity index (χ0v) is 13.8. The molecule has 114 valence electrons. The highest BCUT2D eigenvalue weighted by Gasteiger charge is 2.07. The first-order valence-corrected chi connectivity index (χ1v) is 8.31. The van der Waals surface area contributed by atoms with Crippen LogP contribution in [-0.4, -0.2) is 0 Å². The normalized spacial score (nSPS) is 10.3. The number of rotatable bonds is 1. The molecule has 0 unspecified atom stereocenters. The molecule has 0 heterocycles. The molecular weight excluding hydrogens is 276 g/mol. The van der Waals surface area contributed by atoms with Gasteiger partial charge in [-0.2, -0.15) is 0 Å². The van der Waals surface area contributed by atoms with E-state index < -0.39 is 0 Å². The van der Waals surface area contributed by atoms with Crippen molar-refractivity contribution in [2.24, 2.45) is 0 Å². The number of benzene rings is 4. The maximum atomic E-state index is 2.30. The Kier molecular flexibility index (Phi) is 4.73. The van der Waals surface area contributed by atoms with Crippen LogP contribution in [0.25, 0.3) is 32.7 Å². The van der Waals surface area contributed by atoms with Crippen LogP contribution in [-0.2, 0) is 0 Å². The summed E-state index contributed by atoms with van der Waals surface area (Å²) in [5, 5.41) is 5.26. The first-order valence-electron chi connectivity index (χ1n) is 8.31. The summed E-state index contributed by atoms with van der Waals surface area (Å²) in [5.74, 6) is 0. The molecule has 0 aliphatic carbocycles. The molecular formula is C23H22. The van der Waals surface area contributed by atoms with E-state index in [0.717, 1.165) is 0 Å². The molecule has 0 aromatic heterocycles. The highest BCUT2D eigenvalue weighted by Crippen LogP contribution is 2.34. The Bertz CT molecular complexity index is 905. The Hall–Kier alpha value is -2.60. The van der Waals surface area contributed by atoms with E-state index in [1.807, 2.05) is 0 Å². The quantitative estimate of drug-likeness (QED) is 0.329. The molecule has 0 fully saturated rings. The summed E-state index contributed by atoms with van der Waals surface area (Å²) >= 11 is 0. The molecule has 0 amide bonds. The van der Waals surface area contributed by atoms with E-state index in [1.54, 1.807) is 0 Å². The maximum Gasteiger partial charge on any atom is -0.00990 e. The van der Waals surface area contributed by atoms with E-state index in [2.05, 4.69) is 98.8 Å². The molecule has 0 N–H and O–H groups in total. The Labute approximate surface area is 138 Å². The second kappa shape index (κ2) is 7.11. The molecule has 0 bridgehead atoms. The van der Waals surface area contributed by atoms with E-state index in [9.17, 15) is 0 Å². The molecule has 4 aromatic rings. The highest BCUT2D eigenvalue weighted by atomic mass is 14.1. The van der Waals surface area contributed by atoms with Crippen molar-refractivity contribution in [2.75, 3.05) is 0 Å². The SMILES string of the molecule is CCC.c1ccc(-c2cc3ccccc3c3ccccc23)cc1. The van der Waals surface area contributed by atoms with Gasteiger partial charge in [-0.3, -0.25) is 0 Å².